The quantitative estimate of drug-likeness (QED) is 0.673. The van der Waals surface area contributed by atoms with E-state index in [0.29, 0.717) is 31.6 Å². The van der Waals surface area contributed by atoms with Crippen LogP contribution in [0.1, 0.15) is 31.4 Å². The third kappa shape index (κ3) is 5.06. The van der Waals surface area contributed by atoms with Crippen LogP contribution in [0.3, 0.4) is 0 Å². The maximum Gasteiger partial charge on any atom is 0.241 e. The smallest absolute Gasteiger partial charge is 0.241 e. The Kier molecular flexibility index (Phi) is 6.89. The standard InChI is InChI=1S/C22H27N3O4S/c1-3-25(4-2)22(27)20(14-16-8-6-5-7-9-16)24-30(28,29)18-11-12-19-17(15-18)10-13-21(26)23-19/h5-9,11-12,15,20,24H,3-4,10,13-14H2,1-2H3,(H,23,26). The van der Waals surface area contributed by atoms with Crippen LogP contribution >= 0.6 is 0 Å². The molecule has 2 aromatic rings. The highest BCUT2D eigenvalue weighted by Crippen LogP contribution is 2.25. The molecule has 7 nitrogen and oxygen atoms in total. The van der Waals surface area contributed by atoms with E-state index in [4.69, 9.17) is 0 Å². The normalized spacial score (nSPS) is 14.5. The fourth-order valence-electron chi connectivity index (χ4n) is 3.57. The predicted octanol–water partition coefficient (Wildman–Crippen LogP) is 2.33. The van der Waals surface area contributed by atoms with Gasteiger partial charge in [0.15, 0.2) is 0 Å². The van der Waals surface area contributed by atoms with Crippen LogP contribution in [-0.4, -0.2) is 44.3 Å². The largest absolute Gasteiger partial charge is 0.342 e. The molecule has 8 heteroatoms. The first-order valence-corrected chi connectivity index (χ1v) is 11.6. The van der Waals surface area contributed by atoms with E-state index in [1.165, 1.54) is 6.07 Å². The van der Waals surface area contributed by atoms with Crippen molar-refractivity contribution in [3.8, 4) is 0 Å². The Bertz CT molecular complexity index is 1020. The summed E-state index contributed by atoms with van der Waals surface area (Å²) in [5, 5.41) is 2.75. The molecule has 0 saturated heterocycles. The van der Waals surface area contributed by atoms with Crippen LogP contribution in [0.2, 0.25) is 0 Å². The van der Waals surface area contributed by atoms with Crippen molar-refractivity contribution >= 4 is 27.5 Å². The zero-order valence-corrected chi connectivity index (χ0v) is 18.0. The summed E-state index contributed by atoms with van der Waals surface area (Å²) in [7, 11) is -3.93. The first kappa shape index (κ1) is 22.0. The molecule has 0 fully saturated rings. The predicted molar refractivity (Wildman–Crippen MR) is 116 cm³/mol. The van der Waals surface area contributed by atoms with Gasteiger partial charge in [-0.15, -0.1) is 0 Å². The summed E-state index contributed by atoms with van der Waals surface area (Å²) in [6, 6.07) is 13.1. The minimum Gasteiger partial charge on any atom is -0.342 e. The molecule has 2 amide bonds. The van der Waals surface area contributed by atoms with E-state index in [2.05, 4.69) is 10.0 Å². The van der Waals surface area contributed by atoms with Crippen molar-refractivity contribution < 1.29 is 18.0 Å². The van der Waals surface area contributed by atoms with E-state index < -0.39 is 16.1 Å². The summed E-state index contributed by atoms with van der Waals surface area (Å²) < 4.78 is 28.9. The first-order valence-electron chi connectivity index (χ1n) is 10.1. The van der Waals surface area contributed by atoms with Crippen molar-refractivity contribution in [1.29, 1.82) is 0 Å². The molecule has 0 bridgehead atoms. The number of carbonyl (C=O) groups is 2. The molecule has 0 aliphatic carbocycles. The van der Waals surface area contributed by atoms with Crippen molar-refractivity contribution in [2.45, 2.75) is 44.0 Å². The molecule has 1 atom stereocenters. The van der Waals surface area contributed by atoms with Gasteiger partial charge < -0.3 is 10.2 Å². The molecular formula is C22H27N3O4S. The van der Waals surface area contributed by atoms with Gasteiger partial charge in [-0.25, -0.2) is 8.42 Å². The second kappa shape index (κ2) is 9.40. The lowest BCUT2D eigenvalue weighted by Crippen LogP contribution is -2.49. The Morgan fingerprint density at radius 1 is 1.10 bits per heavy atom. The molecule has 30 heavy (non-hydrogen) atoms. The van der Waals surface area contributed by atoms with E-state index in [9.17, 15) is 18.0 Å². The minimum atomic E-state index is -3.93. The summed E-state index contributed by atoms with van der Waals surface area (Å²) in [5.41, 5.74) is 2.27. The highest BCUT2D eigenvalue weighted by Gasteiger charge is 2.29. The average Bonchev–Trinajstić information content (AvgIpc) is 2.74. The molecule has 160 valence electrons. The van der Waals surface area contributed by atoms with Crippen molar-refractivity contribution in [3.05, 3.63) is 59.7 Å². The van der Waals surface area contributed by atoms with E-state index in [1.54, 1.807) is 17.0 Å². The molecule has 0 radical (unpaired) electrons. The molecule has 0 saturated carbocycles. The molecule has 2 N–H and O–H groups in total. The van der Waals surface area contributed by atoms with Crippen LogP contribution in [0.25, 0.3) is 0 Å². The fourth-order valence-corrected chi connectivity index (χ4v) is 4.81. The van der Waals surface area contributed by atoms with Crippen molar-refractivity contribution in [3.63, 3.8) is 0 Å². The SMILES string of the molecule is CCN(CC)C(=O)C(Cc1ccccc1)NS(=O)(=O)c1ccc2c(c1)CCC(=O)N2. The van der Waals surface area contributed by atoms with Gasteiger partial charge in [-0.05, 0) is 56.0 Å². The number of hydrogen-bond donors (Lipinski definition) is 2. The summed E-state index contributed by atoms with van der Waals surface area (Å²) in [4.78, 5) is 26.3. The number of nitrogens with one attached hydrogen (secondary N) is 2. The Hall–Kier alpha value is -2.71. The zero-order valence-electron chi connectivity index (χ0n) is 17.2. The summed E-state index contributed by atoms with van der Waals surface area (Å²) >= 11 is 0. The van der Waals surface area contributed by atoms with E-state index in [1.807, 2.05) is 44.2 Å². The van der Waals surface area contributed by atoms with Crippen LogP contribution in [0.5, 0.6) is 0 Å². The average molecular weight is 430 g/mol. The minimum absolute atomic E-state index is 0.0797. The molecule has 3 rings (SSSR count). The van der Waals surface area contributed by atoms with Crippen LogP contribution < -0.4 is 10.0 Å². The highest BCUT2D eigenvalue weighted by molar-refractivity contribution is 7.89. The van der Waals surface area contributed by atoms with Gasteiger partial charge >= 0.3 is 0 Å². The summed E-state index contributed by atoms with van der Waals surface area (Å²) in [6.45, 7) is 4.74. The van der Waals surface area contributed by atoms with Gasteiger partial charge in [-0.3, -0.25) is 9.59 Å². The van der Waals surface area contributed by atoms with Gasteiger partial charge in [0, 0.05) is 25.2 Å². The lowest BCUT2D eigenvalue weighted by molar-refractivity contribution is -0.132. The monoisotopic (exact) mass is 429 g/mol. The van der Waals surface area contributed by atoms with Crippen molar-refractivity contribution in [2.75, 3.05) is 18.4 Å². The van der Waals surface area contributed by atoms with E-state index in [0.717, 1.165) is 11.1 Å². The molecule has 0 spiro atoms. The van der Waals surface area contributed by atoms with Gasteiger partial charge in [0.2, 0.25) is 21.8 Å². The second-order valence-electron chi connectivity index (χ2n) is 7.24. The van der Waals surface area contributed by atoms with Crippen molar-refractivity contribution in [1.82, 2.24) is 9.62 Å². The van der Waals surface area contributed by atoms with Gasteiger partial charge in [-0.1, -0.05) is 30.3 Å². The van der Waals surface area contributed by atoms with E-state index in [-0.39, 0.29) is 23.1 Å². The van der Waals surface area contributed by atoms with Crippen molar-refractivity contribution in [2.24, 2.45) is 0 Å². The lowest BCUT2D eigenvalue weighted by atomic mass is 10.0. The maximum atomic E-state index is 13.1. The van der Waals surface area contributed by atoms with Crippen LogP contribution in [0, 0.1) is 0 Å². The molecule has 2 aromatic carbocycles. The maximum absolute atomic E-state index is 13.1. The topological polar surface area (TPSA) is 95.6 Å². The number of fused-ring (bicyclic) bond motifs is 1. The number of hydrogen-bond acceptors (Lipinski definition) is 4. The second-order valence-corrected chi connectivity index (χ2v) is 8.96. The number of benzene rings is 2. The lowest BCUT2D eigenvalue weighted by Gasteiger charge is -2.26. The van der Waals surface area contributed by atoms with Gasteiger partial charge in [-0.2, -0.15) is 4.72 Å². The summed E-state index contributed by atoms with van der Waals surface area (Å²) in [6.07, 6.45) is 1.06. The molecule has 1 unspecified atom stereocenters. The number of nitrogens with zero attached hydrogens (tertiary/aromatic N) is 1. The van der Waals surface area contributed by atoms with Gasteiger partial charge in [0.05, 0.1) is 4.90 Å². The molecular weight excluding hydrogens is 402 g/mol. The van der Waals surface area contributed by atoms with Crippen LogP contribution in [-0.2, 0) is 32.5 Å². The number of amides is 2. The molecule has 1 aliphatic rings. The third-order valence-corrected chi connectivity index (χ3v) is 6.71. The number of likely N-dealkylation sites (N-methyl/N-ethyl adjacent to an activating group) is 1. The number of carbonyl (C=O) groups excluding carboxylic acids is 2. The first-order chi connectivity index (χ1) is 14.3. The number of aryl methyl sites for hydroxylation is 1. The number of rotatable bonds is 8. The Morgan fingerprint density at radius 2 is 1.80 bits per heavy atom. The van der Waals surface area contributed by atoms with Crippen LogP contribution in [0.15, 0.2) is 53.4 Å². The zero-order chi connectivity index (χ0) is 21.7. The Balaban J connectivity index is 1.88. The number of anilines is 1. The molecule has 1 aliphatic heterocycles. The highest BCUT2D eigenvalue weighted by atomic mass is 32.2. The summed E-state index contributed by atoms with van der Waals surface area (Å²) in [5.74, 6) is -0.332. The molecule has 1 heterocycles. The number of sulfonamides is 1. The van der Waals surface area contributed by atoms with Gasteiger partial charge in [0.25, 0.3) is 0 Å². The van der Waals surface area contributed by atoms with Gasteiger partial charge in [0.1, 0.15) is 6.04 Å². The van der Waals surface area contributed by atoms with E-state index >= 15 is 0 Å². The molecule has 0 aromatic heterocycles. The Morgan fingerprint density at radius 3 is 2.47 bits per heavy atom. The fraction of sp³-hybridized carbons (Fsp3) is 0.364. The Labute approximate surface area is 177 Å². The third-order valence-electron chi connectivity index (χ3n) is 5.24. The van der Waals surface area contributed by atoms with Crippen LogP contribution in [0.4, 0.5) is 5.69 Å².